The van der Waals surface area contributed by atoms with E-state index in [9.17, 15) is 14.4 Å². The van der Waals surface area contributed by atoms with Gasteiger partial charge in [0, 0.05) is 24.5 Å². The highest BCUT2D eigenvalue weighted by molar-refractivity contribution is 5.95. The first-order chi connectivity index (χ1) is 14.7. The zero-order chi connectivity index (χ0) is 23.0. The Labute approximate surface area is 183 Å². The van der Waals surface area contributed by atoms with Gasteiger partial charge < -0.3 is 25.2 Å². The third-order valence-electron chi connectivity index (χ3n) is 4.74. The number of amides is 3. The van der Waals surface area contributed by atoms with Gasteiger partial charge in [-0.3, -0.25) is 14.4 Å². The third-order valence-corrected chi connectivity index (χ3v) is 4.74. The Kier molecular flexibility index (Phi) is 8.57. The van der Waals surface area contributed by atoms with Crippen LogP contribution in [0.2, 0.25) is 0 Å². The molecule has 2 aromatic rings. The average molecular weight is 428 g/mol. The summed E-state index contributed by atoms with van der Waals surface area (Å²) in [5.41, 5.74) is 3.37. The topological polar surface area (TPSA) is 92.2 Å². The lowest BCUT2D eigenvalue weighted by Crippen LogP contribution is -3.11. The molecule has 31 heavy (non-hydrogen) atoms. The van der Waals surface area contributed by atoms with Crippen LogP contribution < -0.4 is 20.3 Å². The van der Waals surface area contributed by atoms with E-state index in [-0.39, 0.29) is 37.4 Å². The molecule has 8 nitrogen and oxygen atoms in total. The first kappa shape index (κ1) is 23.9. The van der Waals surface area contributed by atoms with Crippen molar-refractivity contribution in [1.82, 2.24) is 4.90 Å². The van der Waals surface area contributed by atoms with Crippen molar-refractivity contribution in [3.05, 3.63) is 53.6 Å². The molecule has 166 valence electrons. The number of aryl methyl sites for hydroxylation is 2. The van der Waals surface area contributed by atoms with Crippen LogP contribution in [0.4, 0.5) is 11.4 Å². The highest BCUT2D eigenvalue weighted by atomic mass is 16.5. The third kappa shape index (κ3) is 7.75. The van der Waals surface area contributed by atoms with Crippen molar-refractivity contribution >= 4 is 29.1 Å². The van der Waals surface area contributed by atoms with E-state index in [2.05, 4.69) is 10.6 Å². The molecule has 0 radical (unpaired) electrons. The summed E-state index contributed by atoms with van der Waals surface area (Å²) >= 11 is 0. The van der Waals surface area contributed by atoms with Crippen LogP contribution in [0, 0.1) is 13.8 Å². The van der Waals surface area contributed by atoms with Crippen molar-refractivity contribution in [2.75, 3.05) is 51.5 Å². The number of likely N-dealkylation sites (N-methyl/N-ethyl adjacent to an activating group) is 2. The molecule has 0 aromatic heterocycles. The van der Waals surface area contributed by atoms with Gasteiger partial charge in [-0.1, -0.05) is 18.2 Å². The number of carbonyl (C=O) groups is 3. The second-order valence-electron chi connectivity index (χ2n) is 7.71. The minimum absolute atomic E-state index is 0.0600. The quantitative estimate of drug-likeness (QED) is 0.554. The summed E-state index contributed by atoms with van der Waals surface area (Å²) in [7, 11) is 4.89. The van der Waals surface area contributed by atoms with Crippen LogP contribution in [-0.4, -0.2) is 63.5 Å². The molecule has 0 aliphatic carbocycles. The highest BCUT2D eigenvalue weighted by Gasteiger charge is 2.19. The van der Waals surface area contributed by atoms with Gasteiger partial charge in [0.1, 0.15) is 5.75 Å². The van der Waals surface area contributed by atoms with Crippen LogP contribution in [0.3, 0.4) is 0 Å². The maximum absolute atomic E-state index is 12.5. The molecule has 2 aromatic carbocycles. The predicted molar refractivity (Wildman–Crippen MR) is 120 cm³/mol. The standard InChI is InChI=1S/C23H30N4O4/c1-16-9-10-17(2)20(11-16)25-22(29)14-27(4)23(30)15-26(3)13-21(28)24-18-7-6-8-19(12-18)31-5/h6-12H,13-15H2,1-5H3,(H,24,28)(H,25,29)/p+1. The summed E-state index contributed by atoms with van der Waals surface area (Å²) in [5.74, 6) is -0.0518. The summed E-state index contributed by atoms with van der Waals surface area (Å²) in [4.78, 5) is 39.1. The van der Waals surface area contributed by atoms with Crippen molar-refractivity contribution < 1.29 is 24.0 Å². The normalized spacial score (nSPS) is 11.4. The van der Waals surface area contributed by atoms with Crippen molar-refractivity contribution in [1.29, 1.82) is 0 Å². The van der Waals surface area contributed by atoms with Crippen molar-refractivity contribution in [2.24, 2.45) is 0 Å². The number of hydrogen-bond donors (Lipinski definition) is 3. The molecule has 0 spiro atoms. The van der Waals surface area contributed by atoms with Gasteiger partial charge in [0.25, 0.3) is 11.8 Å². The zero-order valence-corrected chi connectivity index (χ0v) is 18.7. The Hall–Kier alpha value is -3.39. The Morgan fingerprint density at radius 2 is 1.74 bits per heavy atom. The maximum Gasteiger partial charge on any atom is 0.279 e. The first-order valence-electron chi connectivity index (χ1n) is 10.0. The number of benzene rings is 2. The van der Waals surface area contributed by atoms with Gasteiger partial charge in [-0.05, 0) is 43.2 Å². The van der Waals surface area contributed by atoms with Crippen molar-refractivity contribution in [3.63, 3.8) is 0 Å². The molecule has 3 amide bonds. The number of nitrogens with one attached hydrogen (secondary N) is 3. The lowest BCUT2D eigenvalue weighted by Gasteiger charge is -2.20. The van der Waals surface area contributed by atoms with Gasteiger partial charge in [-0.25, -0.2) is 0 Å². The lowest BCUT2D eigenvalue weighted by molar-refractivity contribution is -0.862. The van der Waals surface area contributed by atoms with Gasteiger partial charge in [0.2, 0.25) is 5.91 Å². The molecular formula is C23H31N4O4+. The Morgan fingerprint density at radius 3 is 2.45 bits per heavy atom. The van der Waals surface area contributed by atoms with E-state index in [0.717, 1.165) is 16.8 Å². The molecule has 0 aliphatic rings. The molecule has 0 aliphatic heterocycles. The molecule has 1 atom stereocenters. The van der Waals surface area contributed by atoms with Crippen LogP contribution >= 0.6 is 0 Å². The van der Waals surface area contributed by atoms with Gasteiger partial charge in [0.05, 0.1) is 20.7 Å². The van der Waals surface area contributed by atoms with E-state index < -0.39 is 0 Å². The molecule has 0 heterocycles. The van der Waals surface area contributed by atoms with Gasteiger partial charge >= 0.3 is 0 Å². The van der Waals surface area contributed by atoms with Crippen molar-refractivity contribution in [3.8, 4) is 5.75 Å². The predicted octanol–water partition coefficient (Wildman–Crippen LogP) is 0.862. The second-order valence-corrected chi connectivity index (χ2v) is 7.71. The Balaban J connectivity index is 1.80. The van der Waals surface area contributed by atoms with E-state index >= 15 is 0 Å². The Morgan fingerprint density at radius 1 is 1.00 bits per heavy atom. The molecule has 1 unspecified atom stereocenters. The number of ether oxygens (including phenoxy) is 1. The fourth-order valence-electron chi connectivity index (χ4n) is 3.00. The second kappa shape index (κ2) is 11.1. The van der Waals surface area contributed by atoms with Crippen LogP contribution in [-0.2, 0) is 14.4 Å². The molecule has 0 saturated carbocycles. The average Bonchev–Trinajstić information content (AvgIpc) is 2.70. The first-order valence-corrected chi connectivity index (χ1v) is 10.0. The van der Waals surface area contributed by atoms with E-state index in [1.54, 1.807) is 45.5 Å². The molecule has 2 rings (SSSR count). The number of anilines is 2. The molecular weight excluding hydrogens is 396 g/mol. The van der Waals surface area contributed by atoms with Gasteiger partial charge in [-0.15, -0.1) is 0 Å². The van der Waals surface area contributed by atoms with Crippen molar-refractivity contribution in [2.45, 2.75) is 13.8 Å². The summed E-state index contributed by atoms with van der Waals surface area (Å²) in [6, 6.07) is 12.9. The van der Waals surface area contributed by atoms with Crippen LogP contribution in [0.1, 0.15) is 11.1 Å². The maximum atomic E-state index is 12.5. The van der Waals surface area contributed by atoms with E-state index in [4.69, 9.17) is 4.74 Å². The lowest BCUT2D eigenvalue weighted by atomic mass is 10.1. The molecule has 0 saturated heterocycles. The smallest absolute Gasteiger partial charge is 0.279 e. The number of nitrogens with zero attached hydrogens (tertiary/aromatic N) is 1. The molecule has 3 N–H and O–H groups in total. The van der Waals surface area contributed by atoms with E-state index in [1.807, 2.05) is 32.0 Å². The van der Waals surface area contributed by atoms with Crippen LogP contribution in [0.5, 0.6) is 5.75 Å². The monoisotopic (exact) mass is 427 g/mol. The van der Waals surface area contributed by atoms with Crippen LogP contribution in [0.15, 0.2) is 42.5 Å². The number of hydrogen-bond acceptors (Lipinski definition) is 4. The summed E-state index contributed by atoms with van der Waals surface area (Å²) in [6.45, 7) is 4.02. The number of methoxy groups -OCH3 is 1. The van der Waals surface area contributed by atoms with E-state index in [0.29, 0.717) is 16.3 Å². The zero-order valence-electron chi connectivity index (χ0n) is 18.7. The highest BCUT2D eigenvalue weighted by Crippen LogP contribution is 2.17. The Bertz CT molecular complexity index is 945. The fourth-order valence-corrected chi connectivity index (χ4v) is 3.00. The number of quaternary nitrogens is 1. The van der Waals surface area contributed by atoms with Crippen LogP contribution in [0.25, 0.3) is 0 Å². The number of rotatable bonds is 9. The minimum atomic E-state index is -0.266. The minimum Gasteiger partial charge on any atom is -0.497 e. The van der Waals surface area contributed by atoms with Gasteiger partial charge in [-0.2, -0.15) is 0 Å². The molecule has 0 bridgehead atoms. The van der Waals surface area contributed by atoms with E-state index in [1.165, 1.54) is 4.90 Å². The summed E-state index contributed by atoms with van der Waals surface area (Å²) < 4.78 is 5.14. The molecule has 0 fully saturated rings. The summed E-state index contributed by atoms with van der Waals surface area (Å²) in [5, 5.41) is 5.64. The molecule has 8 heteroatoms. The largest absolute Gasteiger partial charge is 0.497 e. The summed E-state index contributed by atoms with van der Waals surface area (Å²) in [6.07, 6.45) is 0. The van der Waals surface area contributed by atoms with Gasteiger partial charge in [0.15, 0.2) is 13.1 Å². The fraction of sp³-hybridized carbons (Fsp3) is 0.348. The number of carbonyl (C=O) groups excluding carboxylic acids is 3. The SMILES string of the molecule is COc1cccc(NC(=O)C[NH+](C)CC(=O)N(C)CC(=O)Nc2cc(C)ccc2C)c1.